The quantitative estimate of drug-likeness (QED) is 0.914. The Bertz CT molecular complexity index is 675. The third kappa shape index (κ3) is 3.90. The molecule has 0 spiro atoms. The molecule has 2 heterocycles. The Morgan fingerprint density at radius 1 is 1.33 bits per heavy atom. The zero-order chi connectivity index (χ0) is 16.9. The lowest BCUT2D eigenvalue weighted by Gasteiger charge is -2.24. The number of halogens is 2. The van der Waals surface area contributed by atoms with Gasteiger partial charge in [-0.15, -0.1) is 0 Å². The molecular formula is C17H20F2N4O. The number of alkyl halides is 2. The summed E-state index contributed by atoms with van der Waals surface area (Å²) in [5.74, 6) is 0. The van der Waals surface area contributed by atoms with Gasteiger partial charge in [0, 0.05) is 25.5 Å². The molecule has 0 bridgehead atoms. The fourth-order valence-electron chi connectivity index (χ4n) is 3.00. The van der Waals surface area contributed by atoms with Crippen molar-refractivity contribution >= 4 is 6.03 Å². The van der Waals surface area contributed by atoms with Crippen molar-refractivity contribution < 1.29 is 13.6 Å². The number of amides is 2. The molecule has 1 aliphatic rings. The highest BCUT2D eigenvalue weighted by molar-refractivity contribution is 5.74. The van der Waals surface area contributed by atoms with Gasteiger partial charge >= 0.3 is 6.03 Å². The lowest BCUT2D eigenvalue weighted by atomic mass is 10.1. The van der Waals surface area contributed by atoms with Crippen LogP contribution in [0.5, 0.6) is 0 Å². The molecule has 1 aromatic carbocycles. The number of hydrogen-bond acceptors (Lipinski definition) is 2. The monoisotopic (exact) mass is 334 g/mol. The predicted molar refractivity (Wildman–Crippen MR) is 85.7 cm³/mol. The Labute approximate surface area is 139 Å². The smallest absolute Gasteiger partial charge is 0.318 e. The largest absolute Gasteiger partial charge is 0.334 e. The Kier molecular flexibility index (Phi) is 5.08. The first-order valence-corrected chi connectivity index (χ1v) is 8.01. The second-order valence-electron chi connectivity index (χ2n) is 5.92. The fourth-order valence-corrected chi connectivity index (χ4v) is 3.00. The third-order valence-electron chi connectivity index (χ3n) is 4.19. The maximum atomic E-state index is 12.9. The number of nitrogens with one attached hydrogen (secondary N) is 1. The number of carbonyl (C=O) groups excluding carboxylic acids is 1. The van der Waals surface area contributed by atoms with Crippen molar-refractivity contribution in [1.82, 2.24) is 20.0 Å². The third-order valence-corrected chi connectivity index (χ3v) is 4.19. The van der Waals surface area contributed by atoms with Crippen LogP contribution in [0.4, 0.5) is 13.6 Å². The average molecular weight is 334 g/mol. The van der Waals surface area contributed by atoms with Crippen molar-refractivity contribution in [3.8, 4) is 0 Å². The molecule has 2 aromatic rings. The van der Waals surface area contributed by atoms with Crippen LogP contribution in [0.3, 0.4) is 0 Å². The van der Waals surface area contributed by atoms with E-state index in [1.807, 2.05) is 41.2 Å². The van der Waals surface area contributed by atoms with Gasteiger partial charge in [-0.05, 0) is 30.0 Å². The van der Waals surface area contributed by atoms with E-state index >= 15 is 0 Å². The molecule has 0 unspecified atom stereocenters. The van der Waals surface area contributed by atoms with Gasteiger partial charge in [0.25, 0.3) is 6.43 Å². The number of carbonyl (C=O) groups is 1. The van der Waals surface area contributed by atoms with Crippen molar-refractivity contribution in [2.24, 2.45) is 0 Å². The fraction of sp³-hybridized carbons (Fsp3) is 0.412. The first-order chi connectivity index (χ1) is 11.6. The van der Waals surface area contributed by atoms with Crippen molar-refractivity contribution in [2.75, 3.05) is 6.54 Å². The molecule has 7 heteroatoms. The summed E-state index contributed by atoms with van der Waals surface area (Å²) in [5, 5.41) is 6.90. The highest BCUT2D eigenvalue weighted by atomic mass is 19.3. The van der Waals surface area contributed by atoms with Gasteiger partial charge in [0.1, 0.15) is 0 Å². The van der Waals surface area contributed by atoms with E-state index in [0.717, 1.165) is 11.1 Å². The number of hydrogen-bond donors (Lipinski definition) is 1. The van der Waals surface area contributed by atoms with Crippen molar-refractivity contribution in [2.45, 2.75) is 38.4 Å². The molecule has 0 aliphatic carbocycles. The summed E-state index contributed by atoms with van der Waals surface area (Å²) in [4.78, 5) is 13.4. The zero-order valence-corrected chi connectivity index (χ0v) is 13.2. The molecule has 1 aromatic heterocycles. The van der Waals surface area contributed by atoms with Crippen LogP contribution >= 0.6 is 0 Å². The number of aromatic nitrogens is 2. The average Bonchev–Trinajstić information content (AvgIpc) is 3.24. The Hall–Kier alpha value is -2.44. The van der Waals surface area contributed by atoms with Gasteiger partial charge in [0.2, 0.25) is 0 Å². The number of likely N-dealkylation sites (tertiary alicyclic amines) is 1. The van der Waals surface area contributed by atoms with Gasteiger partial charge in [-0.1, -0.05) is 24.3 Å². The molecule has 5 nitrogen and oxygen atoms in total. The molecule has 1 fully saturated rings. The van der Waals surface area contributed by atoms with Gasteiger partial charge in [0.15, 0.2) is 0 Å². The minimum atomic E-state index is -2.49. The van der Waals surface area contributed by atoms with E-state index in [-0.39, 0.29) is 0 Å². The lowest BCUT2D eigenvalue weighted by Crippen LogP contribution is -2.45. The number of urea groups is 1. The topological polar surface area (TPSA) is 50.2 Å². The van der Waals surface area contributed by atoms with Gasteiger partial charge in [0.05, 0.1) is 12.6 Å². The second kappa shape index (κ2) is 7.42. The van der Waals surface area contributed by atoms with Crippen LogP contribution in [0.1, 0.15) is 24.0 Å². The molecule has 1 saturated heterocycles. The van der Waals surface area contributed by atoms with Crippen molar-refractivity contribution in [3.05, 3.63) is 53.9 Å². The summed E-state index contributed by atoms with van der Waals surface area (Å²) in [6, 6.07) is 8.27. The summed E-state index contributed by atoms with van der Waals surface area (Å²) >= 11 is 0. The maximum Gasteiger partial charge on any atom is 0.318 e. The van der Waals surface area contributed by atoms with Gasteiger partial charge in [-0.3, -0.25) is 4.68 Å². The van der Waals surface area contributed by atoms with Crippen LogP contribution in [0.15, 0.2) is 42.7 Å². The lowest BCUT2D eigenvalue weighted by molar-refractivity contribution is 0.0606. The molecule has 1 N–H and O–H groups in total. The number of benzene rings is 1. The van der Waals surface area contributed by atoms with Gasteiger partial charge in [-0.25, -0.2) is 13.6 Å². The van der Waals surface area contributed by atoms with E-state index in [4.69, 9.17) is 0 Å². The van der Waals surface area contributed by atoms with E-state index in [1.165, 1.54) is 4.90 Å². The molecule has 24 heavy (non-hydrogen) atoms. The Balaban J connectivity index is 1.57. The zero-order valence-electron chi connectivity index (χ0n) is 13.2. The van der Waals surface area contributed by atoms with Gasteiger partial charge < -0.3 is 10.2 Å². The van der Waals surface area contributed by atoms with E-state index in [9.17, 15) is 13.6 Å². The van der Waals surface area contributed by atoms with Crippen molar-refractivity contribution in [3.63, 3.8) is 0 Å². The minimum Gasteiger partial charge on any atom is -0.334 e. The molecule has 3 rings (SSSR count). The van der Waals surface area contributed by atoms with Crippen LogP contribution in [0.25, 0.3) is 0 Å². The van der Waals surface area contributed by atoms with E-state index in [0.29, 0.717) is 32.5 Å². The molecule has 1 atom stereocenters. The van der Waals surface area contributed by atoms with Crippen LogP contribution in [-0.4, -0.2) is 39.7 Å². The molecule has 1 aliphatic heterocycles. The van der Waals surface area contributed by atoms with E-state index in [1.54, 1.807) is 6.20 Å². The summed E-state index contributed by atoms with van der Waals surface area (Å²) in [7, 11) is 0. The Morgan fingerprint density at radius 2 is 2.17 bits per heavy atom. The predicted octanol–water partition coefficient (Wildman–Crippen LogP) is 2.87. The SMILES string of the molecule is O=C(NCc1cccc(Cn2cccn2)c1)N1CCC[C@H]1C(F)F. The number of nitrogens with zero attached hydrogens (tertiary/aromatic N) is 3. The first-order valence-electron chi connectivity index (χ1n) is 8.01. The van der Waals surface area contributed by atoms with Gasteiger partial charge in [-0.2, -0.15) is 5.10 Å². The Morgan fingerprint density at radius 3 is 2.92 bits per heavy atom. The highest BCUT2D eigenvalue weighted by Gasteiger charge is 2.34. The molecular weight excluding hydrogens is 314 g/mol. The highest BCUT2D eigenvalue weighted by Crippen LogP contribution is 2.22. The molecule has 128 valence electrons. The number of rotatable bonds is 5. The second-order valence-corrected chi connectivity index (χ2v) is 5.92. The molecule has 0 radical (unpaired) electrons. The summed E-state index contributed by atoms with van der Waals surface area (Å²) in [5.41, 5.74) is 2.00. The molecule has 0 saturated carbocycles. The minimum absolute atomic E-state index is 0.318. The van der Waals surface area contributed by atoms with Crippen LogP contribution < -0.4 is 5.32 Å². The van der Waals surface area contributed by atoms with E-state index in [2.05, 4.69) is 10.4 Å². The van der Waals surface area contributed by atoms with Crippen molar-refractivity contribution in [1.29, 1.82) is 0 Å². The van der Waals surface area contributed by atoms with Crippen LogP contribution in [-0.2, 0) is 13.1 Å². The van der Waals surface area contributed by atoms with E-state index < -0.39 is 18.5 Å². The van der Waals surface area contributed by atoms with Crippen LogP contribution in [0.2, 0.25) is 0 Å². The normalized spacial score (nSPS) is 17.5. The molecule has 2 amide bonds. The van der Waals surface area contributed by atoms with Crippen LogP contribution in [0, 0.1) is 0 Å². The first kappa shape index (κ1) is 16.4. The maximum absolute atomic E-state index is 12.9. The standard InChI is InChI=1S/C17H20F2N4O/c18-16(19)15-6-2-9-23(15)17(24)20-11-13-4-1-5-14(10-13)12-22-8-3-7-21-22/h1,3-5,7-8,10,15-16H,2,6,9,11-12H2,(H,20,24)/t15-/m0/s1. The summed E-state index contributed by atoms with van der Waals surface area (Å²) in [6.07, 6.45) is 2.11. The summed E-state index contributed by atoms with van der Waals surface area (Å²) in [6.45, 7) is 1.35. The summed E-state index contributed by atoms with van der Waals surface area (Å²) < 4.78 is 27.6.